The van der Waals surface area contributed by atoms with Crippen molar-refractivity contribution in [2.45, 2.75) is 20.0 Å². The second kappa shape index (κ2) is 11.3. The predicted octanol–water partition coefficient (Wildman–Crippen LogP) is 4.12. The SMILES string of the molecule is COc1ccc(CN(C)C(=O)COC(=O)/C=C/c2c(C)nn(Cc3ccccc3)c2Cl)cc1. The van der Waals surface area contributed by atoms with Gasteiger partial charge in [-0.3, -0.25) is 4.79 Å². The number of hydrogen-bond acceptors (Lipinski definition) is 5. The third kappa shape index (κ3) is 6.70. The van der Waals surface area contributed by atoms with Gasteiger partial charge in [-0.25, -0.2) is 9.48 Å². The highest BCUT2D eigenvalue weighted by atomic mass is 35.5. The summed E-state index contributed by atoms with van der Waals surface area (Å²) in [4.78, 5) is 25.9. The smallest absolute Gasteiger partial charge is 0.331 e. The van der Waals surface area contributed by atoms with Crippen molar-refractivity contribution in [2.24, 2.45) is 0 Å². The molecule has 3 rings (SSSR count). The molecule has 3 aromatic rings. The van der Waals surface area contributed by atoms with Crippen molar-refractivity contribution >= 4 is 29.6 Å². The summed E-state index contributed by atoms with van der Waals surface area (Å²) in [5.41, 5.74) is 3.33. The van der Waals surface area contributed by atoms with E-state index in [4.69, 9.17) is 21.1 Å². The third-order valence-electron chi connectivity index (χ3n) is 5.01. The molecule has 0 bridgehead atoms. The average Bonchev–Trinajstić information content (AvgIpc) is 3.09. The number of halogens is 1. The van der Waals surface area contributed by atoms with Crippen LogP contribution in [0.2, 0.25) is 5.15 Å². The lowest BCUT2D eigenvalue weighted by molar-refractivity contribution is -0.147. The minimum Gasteiger partial charge on any atom is -0.497 e. The number of aromatic nitrogens is 2. The van der Waals surface area contributed by atoms with Crippen LogP contribution in [-0.2, 0) is 27.4 Å². The predicted molar refractivity (Wildman–Crippen MR) is 127 cm³/mol. The van der Waals surface area contributed by atoms with Crippen LogP contribution in [0, 0.1) is 6.92 Å². The molecular formula is C25H26ClN3O4. The van der Waals surface area contributed by atoms with Gasteiger partial charge in [0, 0.05) is 25.2 Å². The summed E-state index contributed by atoms with van der Waals surface area (Å²) < 4.78 is 11.9. The Hall–Kier alpha value is -3.58. The minimum absolute atomic E-state index is 0.308. The monoisotopic (exact) mass is 467 g/mol. The molecule has 33 heavy (non-hydrogen) atoms. The summed E-state index contributed by atoms with van der Waals surface area (Å²) in [6.07, 6.45) is 2.81. The second-order valence-electron chi connectivity index (χ2n) is 7.47. The summed E-state index contributed by atoms with van der Waals surface area (Å²) in [7, 11) is 3.25. The summed E-state index contributed by atoms with van der Waals surface area (Å²) in [6.45, 7) is 2.38. The van der Waals surface area contributed by atoms with E-state index < -0.39 is 5.97 Å². The zero-order chi connectivity index (χ0) is 23.8. The van der Waals surface area contributed by atoms with E-state index in [1.165, 1.54) is 11.0 Å². The molecule has 0 saturated heterocycles. The third-order valence-corrected chi connectivity index (χ3v) is 5.41. The van der Waals surface area contributed by atoms with Crippen LogP contribution in [0.3, 0.4) is 0 Å². The first kappa shape index (κ1) is 24.1. The van der Waals surface area contributed by atoms with Crippen LogP contribution in [0.1, 0.15) is 22.4 Å². The zero-order valence-electron chi connectivity index (χ0n) is 18.8. The number of hydrogen-bond donors (Lipinski definition) is 0. The van der Waals surface area contributed by atoms with Gasteiger partial charge in [-0.15, -0.1) is 0 Å². The van der Waals surface area contributed by atoms with Crippen LogP contribution in [0.4, 0.5) is 0 Å². The van der Waals surface area contributed by atoms with Crippen molar-refractivity contribution < 1.29 is 19.1 Å². The maximum Gasteiger partial charge on any atom is 0.331 e. The fourth-order valence-corrected chi connectivity index (χ4v) is 3.45. The molecule has 1 heterocycles. The summed E-state index contributed by atoms with van der Waals surface area (Å²) in [5.74, 6) is -0.195. The zero-order valence-corrected chi connectivity index (χ0v) is 19.6. The van der Waals surface area contributed by atoms with Gasteiger partial charge in [0.1, 0.15) is 10.9 Å². The van der Waals surface area contributed by atoms with Gasteiger partial charge in [0.2, 0.25) is 0 Å². The van der Waals surface area contributed by atoms with Gasteiger partial charge in [-0.05, 0) is 36.3 Å². The van der Waals surface area contributed by atoms with Gasteiger partial charge < -0.3 is 14.4 Å². The quantitative estimate of drug-likeness (QED) is 0.349. The lowest BCUT2D eigenvalue weighted by Crippen LogP contribution is -2.30. The number of carbonyl (C=O) groups is 2. The molecule has 0 saturated carbocycles. The van der Waals surface area contributed by atoms with E-state index in [0.717, 1.165) is 16.9 Å². The van der Waals surface area contributed by atoms with Crippen LogP contribution in [0.25, 0.3) is 6.08 Å². The number of rotatable bonds is 9. The topological polar surface area (TPSA) is 73.7 Å². The highest BCUT2D eigenvalue weighted by molar-refractivity contribution is 6.31. The molecule has 0 aliphatic heterocycles. The number of amides is 1. The molecule has 8 heteroatoms. The van der Waals surface area contributed by atoms with Crippen LogP contribution in [0.15, 0.2) is 60.7 Å². The molecule has 1 aromatic heterocycles. The van der Waals surface area contributed by atoms with Crippen molar-refractivity contribution in [2.75, 3.05) is 20.8 Å². The van der Waals surface area contributed by atoms with Crippen molar-refractivity contribution in [1.82, 2.24) is 14.7 Å². The van der Waals surface area contributed by atoms with E-state index in [1.807, 2.05) is 61.5 Å². The molecule has 0 radical (unpaired) electrons. The van der Waals surface area contributed by atoms with Crippen molar-refractivity contribution in [3.8, 4) is 5.75 Å². The number of aryl methyl sites for hydroxylation is 1. The molecule has 0 aliphatic carbocycles. The first-order valence-electron chi connectivity index (χ1n) is 10.4. The molecule has 0 fully saturated rings. The lowest BCUT2D eigenvalue weighted by atomic mass is 10.2. The maximum absolute atomic E-state index is 12.3. The number of nitrogens with zero attached hydrogens (tertiary/aromatic N) is 3. The Morgan fingerprint density at radius 2 is 1.79 bits per heavy atom. The number of esters is 1. The lowest BCUT2D eigenvalue weighted by Gasteiger charge is -2.17. The first-order valence-corrected chi connectivity index (χ1v) is 10.7. The summed E-state index contributed by atoms with van der Waals surface area (Å²) >= 11 is 6.46. The van der Waals surface area contributed by atoms with E-state index >= 15 is 0 Å². The molecule has 0 atom stereocenters. The highest BCUT2D eigenvalue weighted by Gasteiger charge is 2.14. The fourth-order valence-electron chi connectivity index (χ4n) is 3.15. The van der Waals surface area contributed by atoms with Crippen molar-refractivity contribution in [1.29, 1.82) is 0 Å². The minimum atomic E-state index is -0.632. The average molecular weight is 468 g/mol. The van der Waals surface area contributed by atoms with Crippen LogP contribution >= 0.6 is 11.6 Å². The Kier molecular flexibility index (Phi) is 8.27. The van der Waals surface area contributed by atoms with Crippen molar-refractivity contribution in [3.05, 3.63) is 88.2 Å². The van der Waals surface area contributed by atoms with Crippen molar-refractivity contribution in [3.63, 3.8) is 0 Å². The largest absolute Gasteiger partial charge is 0.497 e. The number of benzene rings is 2. The van der Waals surface area contributed by atoms with Gasteiger partial charge in [-0.2, -0.15) is 5.10 Å². The molecule has 1 amide bonds. The number of methoxy groups -OCH3 is 1. The Bertz CT molecular complexity index is 1120. The molecule has 0 N–H and O–H groups in total. The Morgan fingerprint density at radius 1 is 1.09 bits per heavy atom. The van der Waals surface area contributed by atoms with Gasteiger partial charge in [0.15, 0.2) is 6.61 Å². The van der Waals surface area contributed by atoms with E-state index in [2.05, 4.69) is 5.10 Å². The standard InChI is InChI=1S/C25H26ClN3O4/c1-18-22(25(26)29(27-18)16-19-7-5-4-6-8-19)13-14-24(31)33-17-23(30)28(2)15-20-9-11-21(32-3)12-10-20/h4-14H,15-17H2,1-3H3/b14-13+. The molecule has 7 nitrogen and oxygen atoms in total. The molecular weight excluding hydrogens is 442 g/mol. The molecule has 0 unspecified atom stereocenters. The number of likely N-dealkylation sites (N-methyl/N-ethyl adjacent to an activating group) is 1. The number of ether oxygens (including phenoxy) is 2. The summed E-state index contributed by atoms with van der Waals surface area (Å²) in [6, 6.07) is 17.2. The van der Waals surface area contributed by atoms with Crippen LogP contribution in [0.5, 0.6) is 5.75 Å². The molecule has 0 aliphatic rings. The van der Waals surface area contributed by atoms with Gasteiger partial charge >= 0.3 is 5.97 Å². The Balaban J connectivity index is 1.52. The number of carbonyl (C=O) groups excluding carboxylic acids is 2. The summed E-state index contributed by atoms with van der Waals surface area (Å²) in [5, 5.41) is 4.87. The first-order chi connectivity index (χ1) is 15.9. The van der Waals surface area contributed by atoms with Gasteiger partial charge in [-0.1, -0.05) is 54.1 Å². The van der Waals surface area contributed by atoms with E-state index in [9.17, 15) is 9.59 Å². The van der Waals surface area contributed by atoms with E-state index in [-0.39, 0.29) is 12.5 Å². The maximum atomic E-state index is 12.3. The van der Waals surface area contributed by atoms with Gasteiger partial charge in [0.25, 0.3) is 5.91 Å². The van der Waals surface area contributed by atoms with Crippen LogP contribution < -0.4 is 4.74 Å². The Labute approximate surface area is 198 Å². The molecule has 0 spiro atoms. The molecule has 172 valence electrons. The normalized spacial score (nSPS) is 10.9. The van der Waals surface area contributed by atoms with E-state index in [0.29, 0.717) is 29.5 Å². The van der Waals surface area contributed by atoms with Crippen LogP contribution in [-0.4, -0.2) is 47.3 Å². The second-order valence-corrected chi connectivity index (χ2v) is 7.83. The Morgan fingerprint density at radius 3 is 2.45 bits per heavy atom. The molecule has 2 aromatic carbocycles. The van der Waals surface area contributed by atoms with E-state index in [1.54, 1.807) is 24.9 Å². The fraction of sp³-hybridized carbons (Fsp3) is 0.240. The van der Waals surface area contributed by atoms with Gasteiger partial charge in [0.05, 0.1) is 19.3 Å². The highest BCUT2D eigenvalue weighted by Crippen LogP contribution is 2.22.